The van der Waals surface area contributed by atoms with Crippen molar-refractivity contribution < 1.29 is 0 Å². The number of benzene rings is 1. The molecular formula is C18H12N6. The summed E-state index contributed by atoms with van der Waals surface area (Å²) in [6.45, 7) is 0. The number of nitrogens with zero attached hydrogens (tertiary/aromatic N) is 6. The third-order valence-electron chi connectivity index (χ3n) is 3.97. The molecule has 0 saturated carbocycles. The summed E-state index contributed by atoms with van der Waals surface area (Å²) in [7, 11) is 0. The van der Waals surface area contributed by atoms with E-state index in [9.17, 15) is 0 Å². The van der Waals surface area contributed by atoms with Crippen LogP contribution in [0.2, 0.25) is 0 Å². The van der Waals surface area contributed by atoms with Crippen molar-refractivity contribution in [3.05, 3.63) is 73.3 Å². The monoisotopic (exact) mass is 312 g/mol. The molecule has 5 aromatic rings. The first-order valence-electron chi connectivity index (χ1n) is 7.59. The third kappa shape index (κ3) is 1.97. The molecule has 0 bridgehead atoms. The molecule has 1 aromatic carbocycles. The van der Waals surface area contributed by atoms with E-state index in [4.69, 9.17) is 9.97 Å². The van der Waals surface area contributed by atoms with Gasteiger partial charge in [-0.05, 0) is 36.4 Å². The number of hydrogen-bond acceptors (Lipinski definition) is 4. The maximum atomic E-state index is 4.78. The molecule has 0 fully saturated rings. The van der Waals surface area contributed by atoms with Gasteiger partial charge < -0.3 is 0 Å². The molecule has 0 aliphatic rings. The summed E-state index contributed by atoms with van der Waals surface area (Å²) in [4.78, 5) is 9.55. The molecule has 6 nitrogen and oxygen atoms in total. The lowest BCUT2D eigenvalue weighted by Gasteiger charge is -2.07. The second-order valence-corrected chi connectivity index (χ2v) is 5.45. The summed E-state index contributed by atoms with van der Waals surface area (Å²) in [6, 6.07) is 15.9. The van der Waals surface area contributed by atoms with Gasteiger partial charge in [-0.2, -0.15) is 10.2 Å². The van der Waals surface area contributed by atoms with E-state index < -0.39 is 0 Å². The van der Waals surface area contributed by atoms with Gasteiger partial charge >= 0.3 is 0 Å². The van der Waals surface area contributed by atoms with Crippen LogP contribution in [0.4, 0.5) is 0 Å². The first kappa shape index (κ1) is 13.0. The summed E-state index contributed by atoms with van der Waals surface area (Å²) in [6.07, 6.45) is 7.23. The highest BCUT2D eigenvalue weighted by Crippen LogP contribution is 2.24. The molecule has 4 heterocycles. The Balaban J connectivity index is 1.80. The predicted octanol–water partition coefficient (Wildman–Crippen LogP) is 3.15. The second kappa shape index (κ2) is 4.99. The van der Waals surface area contributed by atoms with Gasteiger partial charge in [-0.3, -0.25) is 0 Å². The SMILES string of the molecule is c1cnn(-c2ccc3ccc4ccc(-n5cccn5)nc4c3n2)c1. The van der Waals surface area contributed by atoms with Crippen LogP contribution in [0.15, 0.2) is 73.3 Å². The first-order valence-corrected chi connectivity index (χ1v) is 7.59. The largest absolute Gasteiger partial charge is 0.226 e. The maximum Gasteiger partial charge on any atom is 0.154 e. The molecule has 114 valence electrons. The lowest BCUT2D eigenvalue weighted by atomic mass is 10.1. The molecule has 5 rings (SSSR count). The number of aromatic nitrogens is 6. The van der Waals surface area contributed by atoms with Gasteiger partial charge in [0, 0.05) is 35.6 Å². The summed E-state index contributed by atoms with van der Waals surface area (Å²) in [5.74, 6) is 1.54. The molecular weight excluding hydrogens is 300 g/mol. The Bertz CT molecular complexity index is 1050. The van der Waals surface area contributed by atoms with Gasteiger partial charge in [0.1, 0.15) is 0 Å². The average Bonchev–Trinajstić information content (AvgIpc) is 3.34. The highest BCUT2D eigenvalue weighted by Gasteiger charge is 2.08. The average molecular weight is 312 g/mol. The fraction of sp³-hybridized carbons (Fsp3) is 0. The van der Waals surface area contributed by atoms with Crippen LogP contribution >= 0.6 is 0 Å². The summed E-state index contributed by atoms with van der Waals surface area (Å²) < 4.78 is 3.49. The minimum atomic E-state index is 0.770. The normalized spacial score (nSPS) is 11.3. The van der Waals surface area contributed by atoms with Crippen LogP contribution in [-0.2, 0) is 0 Å². The molecule has 0 aliphatic heterocycles. The van der Waals surface area contributed by atoms with E-state index in [1.165, 1.54) is 0 Å². The Morgan fingerprint density at radius 1 is 0.583 bits per heavy atom. The van der Waals surface area contributed by atoms with Crippen molar-refractivity contribution in [1.82, 2.24) is 29.5 Å². The zero-order valence-corrected chi connectivity index (χ0v) is 12.6. The Morgan fingerprint density at radius 2 is 1.04 bits per heavy atom. The molecule has 0 aliphatic carbocycles. The fourth-order valence-electron chi connectivity index (χ4n) is 2.81. The van der Waals surface area contributed by atoms with Crippen molar-refractivity contribution in [2.45, 2.75) is 0 Å². The highest BCUT2D eigenvalue weighted by atomic mass is 15.3. The number of pyridine rings is 2. The molecule has 24 heavy (non-hydrogen) atoms. The predicted molar refractivity (Wildman–Crippen MR) is 91.3 cm³/mol. The van der Waals surface area contributed by atoms with Crippen LogP contribution in [0, 0.1) is 0 Å². The van der Waals surface area contributed by atoms with E-state index in [1.807, 2.05) is 48.8 Å². The molecule has 0 radical (unpaired) electrons. The Kier molecular flexibility index (Phi) is 2.69. The minimum absolute atomic E-state index is 0.770. The number of hydrogen-bond donors (Lipinski definition) is 0. The van der Waals surface area contributed by atoms with E-state index in [-0.39, 0.29) is 0 Å². The van der Waals surface area contributed by atoms with Crippen LogP contribution in [0.25, 0.3) is 33.4 Å². The zero-order valence-electron chi connectivity index (χ0n) is 12.6. The molecule has 0 saturated heterocycles. The maximum absolute atomic E-state index is 4.78. The van der Waals surface area contributed by atoms with Gasteiger partial charge in [0.2, 0.25) is 0 Å². The van der Waals surface area contributed by atoms with Crippen LogP contribution in [0.3, 0.4) is 0 Å². The van der Waals surface area contributed by atoms with Crippen molar-refractivity contribution in [1.29, 1.82) is 0 Å². The van der Waals surface area contributed by atoms with Crippen LogP contribution in [0.5, 0.6) is 0 Å². The molecule has 0 N–H and O–H groups in total. The van der Waals surface area contributed by atoms with Crippen molar-refractivity contribution >= 4 is 21.8 Å². The van der Waals surface area contributed by atoms with Crippen molar-refractivity contribution in [2.75, 3.05) is 0 Å². The lowest BCUT2D eigenvalue weighted by molar-refractivity contribution is 0.850. The summed E-state index contributed by atoms with van der Waals surface area (Å²) in [5.41, 5.74) is 1.71. The summed E-state index contributed by atoms with van der Waals surface area (Å²) >= 11 is 0. The van der Waals surface area contributed by atoms with Gasteiger partial charge in [0.15, 0.2) is 11.6 Å². The molecule has 4 aromatic heterocycles. The Morgan fingerprint density at radius 3 is 1.46 bits per heavy atom. The van der Waals surface area contributed by atoms with Crippen LogP contribution in [-0.4, -0.2) is 29.5 Å². The summed E-state index contributed by atoms with van der Waals surface area (Å²) in [5, 5.41) is 10.6. The highest BCUT2D eigenvalue weighted by molar-refractivity contribution is 6.03. The fourth-order valence-corrected chi connectivity index (χ4v) is 2.81. The van der Waals surface area contributed by atoms with Crippen molar-refractivity contribution in [3.8, 4) is 11.6 Å². The van der Waals surface area contributed by atoms with E-state index in [1.54, 1.807) is 21.8 Å². The van der Waals surface area contributed by atoms with Crippen LogP contribution < -0.4 is 0 Å². The molecule has 0 unspecified atom stereocenters. The van der Waals surface area contributed by atoms with Crippen molar-refractivity contribution in [2.24, 2.45) is 0 Å². The van der Waals surface area contributed by atoms with Gasteiger partial charge in [0.25, 0.3) is 0 Å². The number of rotatable bonds is 2. The van der Waals surface area contributed by atoms with E-state index in [0.29, 0.717) is 0 Å². The molecule has 0 spiro atoms. The molecule has 0 amide bonds. The molecule has 0 atom stereocenters. The second-order valence-electron chi connectivity index (χ2n) is 5.45. The topological polar surface area (TPSA) is 61.4 Å². The third-order valence-corrected chi connectivity index (χ3v) is 3.97. The Hall–Kier alpha value is -3.54. The number of fused-ring (bicyclic) bond motifs is 3. The quantitative estimate of drug-likeness (QED) is 0.470. The van der Waals surface area contributed by atoms with E-state index in [0.717, 1.165) is 33.4 Å². The van der Waals surface area contributed by atoms with Crippen molar-refractivity contribution in [3.63, 3.8) is 0 Å². The standard InChI is InChI=1S/C18H12N6/c1-9-19-23(11-1)15-7-5-13-3-4-14-6-8-16(24-12-2-10-20-24)22-18(14)17(13)21-15/h1-12H. The minimum Gasteiger partial charge on any atom is -0.226 e. The van der Waals surface area contributed by atoms with Gasteiger partial charge in [-0.25, -0.2) is 19.3 Å². The molecule has 6 heteroatoms. The smallest absolute Gasteiger partial charge is 0.154 e. The zero-order chi connectivity index (χ0) is 15.9. The first-order chi connectivity index (χ1) is 11.9. The van der Waals surface area contributed by atoms with Gasteiger partial charge in [-0.1, -0.05) is 12.1 Å². The Labute approximate surface area is 137 Å². The van der Waals surface area contributed by atoms with E-state index in [2.05, 4.69) is 22.3 Å². The lowest BCUT2D eigenvalue weighted by Crippen LogP contribution is -2.00. The van der Waals surface area contributed by atoms with Gasteiger partial charge in [-0.15, -0.1) is 0 Å². The van der Waals surface area contributed by atoms with Gasteiger partial charge in [0.05, 0.1) is 11.0 Å². The van der Waals surface area contributed by atoms with Crippen LogP contribution in [0.1, 0.15) is 0 Å². The van der Waals surface area contributed by atoms with E-state index >= 15 is 0 Å².